The molecule has 0 bridgehead atoms. The molecule has 0 saturated heterocycles. The van der Waals surface area contributed by atoms with Gasteiger partial charge in [0.2, 0.25) is 5.16 Å². The fraction of sp³-hybridized carbons (Fsp3) is 0.176. The Morgan fingerprint density at radius 2 is 1.73 bits per heavy atom. The van der Waals surface area contributed by atoms with Crippen molar-refractivity contribution in [3.63, 3.8) is 0 Å². The molecule has 1 heterocycles. The summed E-state index contributed by atoms with van der Waals surface area (Å²) < 4.78 is 13.0. The monoisotopic (exact) mass is 313 g/mol. The van der Waals surface area contributed by atoms with Crippen LogP contribution in [0, 0.1) is 12.7 Å². The maximum atomic E-state index is 13.0. The van der Waals surface area contributed by atoms with Gasteiger partial charge >= 0.3 is 0 Å². The highest BCUT2D eigenvalue weighted by molar-refractivity contribution is 7.99. The summed E-state index contributed by atoms with van der Waals surface area (Å²) in [6.45, 7) is 4.11. The number of aromatic amines is 1. The summed E-state index contributed by atoms with van der Waals surface area (Å²) in [5.41, 5.74) is 3.27. The van der Waals surface area contributed by atoms with Gasteiger partial charge in [0.15, 0.2) is 5.82 Å². The van der Waals surface area contributed by atoms with Gasteiger partial charge in [-0.1, -0.05) is 53.7 Å². The number of benzene rings is 2. The zero-order valence-corrected chi connectivity index (χ0v) is 13.2. The molecule has 22 heavy (non-hydrogen) atoms. The number of nitrogens with one attached hydrogen (secondary N) is 1. The van der Waals surface area contributed by atoms with Crippen molar-refractivity contribution in [1.29, 1.82) is 0 Å². The fourth-order valence-electron chi connectivity index (χ4n) is 2.10. The molecule has 0 radical (unpaired) electrons. The molecule has 0 saturated carbocycles. The minimum absolute atomic E-state index is 0.155. The number of aryl methyl sites for hydroxylation is 1. The Morgan fingerprint density at radius 1 is 1.05 bits per heavy atom. The van der Waals surface area contributed by atoms with Crippen LogP contribution in [-0.4, -0.2) is 15.2 Å². The van der Waals surface area contributed by atoms with Gasteiger partial charge in [-0.2, -0.15) is 0 Å². The highest BCUT2D eigenvalue weighted by Crippen LogP contribution is 2.33. The van der Waals surface area contributed by atoms with Crippen molar-refractivity contribution in [2.75, 3.05) is 0 Å². The van der Waals surface area contributed by atoms with E-state index in [0.717, 1.165) is 17.0 Å². The fourth-order valence-corrected chi connectivity index (χ4v) is 2.95. The van der Waals surface area contributed by atoms with Crippen LogP contribution in [0.2, 0.25) is 0 Å². The first-order chi connectivity index (χ1) is 10.6. The number of hydrogen-bond acceptors (Lipinski definition) is 3. The number of hydrogen-bond donors (Lipinski definition) is 1. The van der Waals surface area contributed by atoms with E-state index in [9.17, 15) is 4.39 Å². The van der Waals surface area contributed by atoms with E-state index < -0.39 is 0 Å². The van der Waals surface area contributed by atoms with E-state index in [4.69, 9.17) is 0 Å². The van der Waals surface area contributed by atoms with Crippen LogP contribution < -0.4 is 0 Å². The molecular formula is C17H16FN3S. The number of H-pyrrole nitrogens is 1. The summed E-state index contributed by atoms with van der Waals surface area (Å²) >= 11 is 1.55. The molecule has 0 amide bonds. The number of rotatable bonds is 4. The Bertz CT molecular complexity index is 750. The summed E-state index contributed by atoms with van der Waals surface area (Å²) in [4.78, 5) is 4.52. The van der Waals surface area contributed by atoms with Crippen molar-refractivity contribution in [1.82, 2.24) is 15.2 Å². The maximum absolute atomic E-state index is 13.0. The molecule has 0 fully saturated rings. The van der Waals surface area contributed by atoms with Gasteiger partial charge < -0.3 is 0 Å². The standard InChI is InChI=1S/C17H16FN3S/c1-11-3-5-14(6-4-11)16-19-17(21-20-16)22-12(2)13-7-9-15(18)10-8-13/h3-10,12H,1-2H3,(H,19,20,21)/t12-/m0/s1. The molecular weight excluding hydrogens is 297 g/mol. The van der Waals surface area contributed by atoms with E-state index in [-0.39, 0.29) is 11.1 Å². The molecule has 0 unspecified atom stereocenters. The Kier molecular flexibility index (Phi) is 4.24. The number of thioether (sulfide) groups is 1. The summed E-state index contributed by atoms with van der Waals surface area (Å²) in [6, 6.07) is 14.7. The largest absolute Gasteiger partial charge is 0.258 e. The summed E-state index contributed by atoms with van der Waals surface area (Å²) in [7, 11) is 0. The Labute approximate surface area is 133 Å². The van der Waals surface area contributed by atoms with Gasteiger partial charge in [-0.3, -0.25) is 5.10 Å². The van der Waals surface area contributed by atoms with Crippen molar-refractivity contribution in [3.8, 4) is 11.4 Å². The predicted molar refractivity (Wildman–Crippen MR) is 87.2 cm³/mol. The molecule has 0 spiro atoms. The van der Waals surface area contributed by atoms with Gasteiger partial charge in [0.25, 0.3) is 0 Å². The van der Waals surface area contributed by atoms with Gasteiger partial charge in [-0.25, -0.2) is 9.37 Å². The summed E-state index contributed by atoms with van der Waals surface area (Å²) in [5.74, 6) is 0.536. The van der Waals surface area contributed by atoms with Crippen LogP contribution in [0.15, 0.2) is 53.7 Å². The first-order valence-electron chi connectivity index (χ1n) is 7.03. The normalized spacial score (nSPS) is 12.3. The molecule has 1 aromatic heterocycles. The van der Waals surface area contributed by atoms with Gasteiger partial charge in [0.05, 0.1) is 0 Å². The molecule has 2 aromatic carbocycles. The van der Waals surface area contributed by atoms with Crippen molar-refractivity contribution >= 4 is 11.8 Å². The molecule has 0 aliphatic rings. The smallest absolute Gasteiger partial charge is 0.209 e. The lowest BCUT2D eigenvalue weighted by Gasteiger charge is -2.08. The third-order valence-corrected chi connectivity index (χ3v) is 4.43. The van der Waals surface area contributed by atoms with Crippen LogP contribution in [0.3, 0.4) is 0 Å². The highest BCUT2D eigenvalue weighted by Gasteiger charge is 2.12. The van der Waals surface area contributed by atoms with Gasteiger partial charge in [0.1, 0.15) is 5.82 Å². The highest BCUT2D eigenvalue weighted by atomic mass is 32.2. The summed E-state index contributed by atoms with van der Waals surface area (Å²) in [6.07, 6.45) is 0. The first-order valence-corrected chi connectivity index (χ1v) is 7.91. The topological polar surface area (TPSA) is 41.6 Å². The average Bonchev–Trinajstić information content (AvgIpc) is 2.97. The van der Waals surface area contributed by atoms with E-state index in [1.165, 1.54) is 17.7 Å². The van der Waals surface area contributed by atoms with Crippen LogP contribution in [0.25, 0.3) is 11.4 Å². The Morgan fingerprint density at radius 3 is 2.41 bits per heavy atom. The molecule has 0 aliphatic carbocycles. The zero-order chi connectivity index (χ0) is 15.5. The molecule has 3 aromatic rings. The average molecular weight is 313 g/mol. The lowest BCUT2D eigenvalue weighted by molar-refractivity contribution is 0.627. The van der Waals surface area contributed by atoms with Crippen LogP contribution in [-0.2, 0) is 0 Å². The molecule has 1 N–H and O–H groups in total. The van der Waals surface area contributed by atoms with Gasteiger partial charge in [-0.05, 0) is 31.5 Å². The third-order valence-electron chi connectivity index (χ3n) is 3.41. The molecule has 3 rings (SSSR count). The second kappa shape index (κ2) is 6.32. The van der Waals surface area contributed by atoms with Crippen molar-refractivity contribution in [2.45, 2.75) is 24.3 Å². The lowest BCUT2D eigenvalue weighted by Crippen LogP contribution is -1.89. The zero-order valence-electron chi connectivity index (χ0n) is 12.4. The van der Waals surface area contributed by atoms with E-state index in [2.05, 4.69) is 29.0 Å². The van der Waals surface area contributed by atoms with Gasteiger partial charge in [-0.15, -0.1) is 5.10 Å². The van der Waals surface area contributed by atoms with E-state index >= 15 is 0 Å². The van der Waals surface area contributed by atoms with E-state index in [1.54, 1.807) is 23.9 Å². The minimum Gasteiger partial charge on any atom is -0.258 e. The molecule has 112 valence electrons. The number of aromatic nitrogens is 3. The molecule has 0 aliphatic heterocycles. The van der Waals surface area contributed by atoms with E-state index in [1.807, 2.05) is 24.3 Å². The van der Waals surface area contributed by atoms with E-state index in [0.29, 0.717) is 5.16 Å². The number of halogens is 1. The second-order valence-corrected chi connectivity index (χ2v) is 6.45. The van der Waals surface area contributed by atoms with Crippen LogP contribution in [0.4, 0.5) is 4.39 Å². The van der Waals surface area contributed by atoms with Crippen molar-refractivity contribution in [2.24, 2.45) is 0 Å². The van der Waals surface area contributed by atoms with Crippen LogP contribution >= 0.6 is 11.8 Å². The third kappa shape index (κ3) is 3.36. The minimum atomic E-state index is -0.222. The van der Waals surface area contributed by atoms with Crippen molar-refractivity contribution in [3.05, 3.63) is 65.5 Å². The SMILES string of the molecule is Cc1ccc(-c2nc(S[C@@H](C)c3ccc(F)cc3)n[nH]2)cc1. The van der Waals surface area contributed by atoms with Crippen LogP contribution in [0.1, 0.15) is 23.3 Å². The second-order valence-electron chi connectivity index (χ2n) is 5.14. The maximum Gasteiger partial charge on any atom is 0.209 e. The molecule has 3 nitrogen and oxygen atoms in total. The van der Waals surface area contributed by atoms with Gasteiger partial charge in [0, 0.05) is 10.8 Å². The molecule has 5 heteroatoms. The Balaban J connectivity index is 1.73. The lowest BCUT2D eigenvalue weighted by atomic mass is 10.1. The van der Waals surface area contributed by atoms with Crippen molar-refractivity contribution < 1.29 is 4.39 Å². The predicted octanol–water partition coefficient (Wildman–Crippen LogP) is 4.77. The number of nitrogens with zero attached hydrogens (tertiary/aromatic N) is 2. The quantitative estimate of drug-likeness (QED) is 0.705. The molecule has 1 atom stereocenters. The first kappa shape index (κ1) is 14.8. The Hall–Kier alpha value is -2.14. The van der Waals surface area contributed by atoms with Crippen LogP contribution in [0.5, 0.6) is 0 Å². The summed E-state index contributed by atoms with van der Waals surface area (Å²) in [5, 5.41) is 8.06.